The quantitative estimate of drug-likeness (QED) is 0.234. The molecule has 234 valence electrons. The van der Waals surface area contributed by atoms with Crippen LogP contribution in [0.2, 0.25) is 0 Å². The molecule has 1 amide bonds. The number of halogens is 1. The average Bonchev–Trinajstić information content (AvgIpc) is 3.57. The Morgan fingerprint density at radius 3 is 2.26 bits per heavy atom. The molecule has 1 aliphatic rings. The first-order valence-electron chi connectivity index (χ1n) is 14.1. The number of ether oxygens (including phenoxy) is 2. The summed E-state index contributed by atoms with van der Waals surface area (Å²) in [6.07, 6.45) is 1.67. The monoisotopic (exact) mass is 649 g/mol. The van der Waals surface area contributed by atoms with E-state index >= 15 is 0 Å². The number of nitrogens with zero attached hydrogens (tertiary/aromatic N) is 3. The van der Waals surface area contributed by atoms with Gasteiger partial charge in [-0.1, -0.05) is 54.6 Å². The maximum Gasteiger partial charge on any atom is 0.410 e. The molecule has 1 saturated heterocycles. The lowest BCUT2D eigenvalue weighted by Crippen LogP contribution is -2.49. The zero-order valence-electron chi connectivity index (χ0n) is 24.5. The lowest BCUT2D eigenvalue weighted by molar-refractivity contribution is -0.142. The van der Waals surface area contributed by atoms with Gasteiger partial charge in [0.05, 0.1) is 12.0 Å². The van der Waals surface area contributed by atoms with E-state index in [1.807, 2.05) is 41.8 Å². The summed E-state index contributed by atoms with van der Waals surface area (Å²) >= 11 is 1.64. The van der Waals surface area contributed by atoms with Gasteiger partial charge in [-0.05, 0) is 54.9 Å². The topological polar surface area (TPSA) is 96.5 Å². The van der Waals surface area contributed by atoms with Gasteiger partial charge in [-0.15, -0.1) is 23.7 Å². The number of piperidine rings is 1. The van der Waals surface area contributed by atoms with Crippen molar-refractivity contribution in [3.8, 4) is 0 Å². The number of methoxy groups -OCH3 is 1. The van der Waals surface area contributed by atoms with Gasteiger partial charge < -0.3 is 14.4 Å². The van der Waals surface area contributed by atoms with Crippen LogP contribution in [0, 0.1) is 0 Å². The van der Waals surface area contributed by atoms with Crippen LogP contribution in [-0.2, 0) is 30.9 Å². The standard InChI is InChI=1S/C31H39N3O6S2.ClH/c1-32(42(37,38)28-12-7-4-8-13-28)22-26(29-14-9-21-41-29)15-18-33-19-16-27(17-20-33)34(23-30(35)39-2)31(36)40-24-25-10-5-3-6-11-25;/h3-14,21,26-27H,15-20,22-24H2,1-2H3;1H/t26-;/m1./s1. The Bertz CT molecular complexity index is 1370. The summed E-state index contributed by atoms with van der Waals surface area (Å²) in [5.41, 5.74) is 0.876. The Morgan fingerprint density at radius 1 is 1.00 bits per heavy atom. The molecule has 0 aliphatic carbocycles. The third kappa shape index (κ3) is 9.77. The molecule has 1 fully saturated rings. The van der Waals surface area contributed by atoms with E-state index in [0.29, 0.717) is 24.3 Å². The van der Waals surface area contributed by atoms with E-state index < -0.39 is 22.1 Å². The Balaban J connectivity index is 0.00000506. The highest BCUT2D eigenvalue weighted by molar-refractivity contribution is 7.89. The predicted octanol–water partition coefficient (Wildman–Crippen LogP) is 5.24. The summed E-state index contributed by atoms with van der Waals surface area (Å²) in [6.45, 7) is 2.66. The molecule has 9 nitrogen and oxygen atoms in total. The van der Waals surface area contributed by atoms with E-state index in [4.69, 9.17) is 9.47 Å². The van der Waals surface area contributed by atoms with Crippen molar-refractivity contribution in [3.63, 3.8) is 0 Å². The van der Waals surface area contributed by atoms with Gasteiger partial charge in [-0.3, -0.25) is 9.69 Å². The van der Waals surface area contributed by atoms with Crippen LogP contribution in [0.1, 0.15) is 35.6 Å². The predicted molar refractivity (Wildman–Crippen MR) is 170 cm³/mol. The van der Waals surface area contributed by atoms with Gasteiger partial charge in [0.25, 0.3) is 0 Å². The van der Waals surface area contributed by atoms with Crippen molar-refractivity contribution in [3.05, 3.63) is 88.6 Å². The maximum atomic E-state index is 13.2. The number of esters is 1. The normalized spacial score (nSPS) is 15.0. The van der Waals surface area contributed by atoms with Gasteiger partial charge in [0.15, 0.2) is 0 Å². The minimum Gasteiger partial charge on any atom is -0.468 e. The minimum atomic E-state index is -3.59. The first-order valence-corrected chi connectivity index (χ1v) is 16.4. The maximum absolute atomic E-state index is 13.2. The summed E-state index contributed by atoms with van der Waals surface area (Å²) in [7, 11) is -0.640. The Hall–Kier alpha value is -2.96. The number of hydrogen-bond acceptors (Lipinski definition) is 8. The van der Waals surface area contributed by atoms with E-state index in [2.05, 4.69) is 11.0 Å². The highest BCUT2D eigenvalue weighted by Gasteiger charge is 2.32. The van der Waals surface area contributed by atoms with Gasteiger partial charge in [0.1, 0.15) is 13.2 Å². The molecule has 0 spiro atoms. The number of likely N-dealkylation sites (N-methyl/N-ethyl adjacent to an activating group) is 1. The minimum absolute atomic E-state index is 0. The number of carbonyl (C=O) groups excluding carboxylic acids is 2. The van der Waals surface area contributed by atoms with Crippen LogP contribution in [0.3, 0.4) is 0 Å². The number of benzene rings is 2. The van der Waals surface area contributed by atoms with E-state index in [1.165, 1.54) is 16.3 Å². The largest absolute Gasteiger partial charge is 0.468 e. The molecule has 2 heterocycles. The zero-order valence-corrected chi connectivity index (χ0v) is 27.0. The fraction of sp³-hybridized carbons (Fsp3) is 0.419. The molecule has 3 aromatic rings. The van der Waals surface area contributed by atoms with Crippen molar-refractivity contribution in [2.45, 2.75) is 42.7 Å². The first-order chi connectivity index (χ1) is 20.3. The van der Waals surface area contributed by atoms with E-state index in [1.54, 1.807) is 48.7 Å². The molecule has 4 rings (SSSR count). The second-order valence-corrected chi connectivity index (χ2v) is 13.4. The summed E-state index contributed by atoms with van der Waals surface area (Å²) in [5, 5.41) is 2.02. The van der Waals surface area contributed by atoms with Crippen LogP contribution < -0.4 is 0 Å². The molecule has 1 aliphatic heterocycles. The molecule has 2 aromatic carbocycles. The van der Waals surface area contributed by atoms with Crippen molar-refractivity contribution < 1.29 is 27.5 Å². The molecule has 0 unspecified atom stereocenters. The smallest absolute Gasteiger partial charge is 0.410 e. The number of carbonyl (C=O) groups is 2. The fourth-order valence-corrected chi connectivity index (χ4v) is 7.26. The van der Waals surface area contributed by atoms with Gasteiger partial charge in [-0.2, -0.15) is 0 Å². The van der Waals surface area contributed by atoms with Gasteiger partial charge in [0.2, 0.25) is 10.0 Å². The van der Waals surface area contributed by atoms with Crippen molar-refractivity contribution >= 4 is 45.8 Å². The molecule has 0 bridgehead atoms. The van der Waals surface area contributed by atoms with Crippen molar-refractivity contribution in [2.75, 3.05) is 46.9 Å². The lowest BCUT2D eigenvalue weighted by atomic mass is 10.00. The van der Waals surface area contributed by atoms with Gasteiger partial charge in [0, 0.05) is 43.5 Å². The highest BCUT2D eigenvalue weighted by atomic mass is 35.5. The zero-order chi connectivity index (χ0) is 30.0. The Morgan fingerprint density at radius 2 is 1.65 bits per heavy atom. The van der Waals surface area contributed by atoms with Crippen molar-refractivity contribution in [1.82, 2.24) is 14.1 Å². The summed E-state index contributed by atoms with van der Waals surface area (Å²) in [4.78, 5) is 30.4. The molecular formula is C31H40ClN3O6S2. The summed E-state index contributed by atoms with van der Waals surface area (Å²) in [5.74, 6) is -0.433. The van der Waals surface area contributed by atoms with Crippen molar-refractivity contribution in [1.29, 1.82) is 0 Å². The number of sulfonamides is 1. The molecule has 0 N–H and O–H groups in total. The molecule has 0 radical (unpaired) electrons. The second-order valence-electron chi connectivity index (χ2n) is 10.4. The third-order valence-electron chi connectivity index (χ3n) is 7.63. The molecule has 12 heteroatoms. The van der Waals surface area contributed by atoms with Crippen LogP contribution in [0.15, 0.2) is 83.1 Å². The lowest BCUT2D eigenvalue weighted by Gasteiger charge is -2.38. The fourth-order valence-electron chi connectivity index (χ4n) is 5.17. The van der Waals surface area contributed by atoms with E-state index in [-0.39, 0.29) is 37.5 Å². The molecular weight excluding hydrogens is 610 g/mol. The van der Waals surface area contributed by atoms with Gasteiger partial charge in [-0.25, -0.2) is 17.5 Å². The molecule has 43 heavy (non-hydrogen) atoms. The van der Waals surface area contributed by atoms with Crippen LogP contribution >= 0.6 is 23.7 Å². The number of hydrogen-bond donors (Lipinski definition) is 0. The molecule has 1 aromatic heterocycles. The Labute approximate surface area is 264 Å². The van der Waals surface area contributed by atoms with Crippen LogP contribution in [0.4, 0.5) is 4.79 Å². The van der Waals surface area contributed by atoms with E-state index in [0.717, 1.165) is 36.5 Å². The number of likely N-dealkylation sites (tertiary alicyclic amines) is 1. The number of thiophene rings is 1. The highest BCUT2D eigenvalue weighted by Crippen LogP contribution is 2.28. The average molecular weight is 650 g/mol. The van der Waals surface area contributed by atoms with Crippen molar-refractivity contribution in [2.24, 2.45) is 0 Å². The Kier molecular flexibility index (Phi) is 13.5. The number of amides is 1. The molecule has 1 atom stereocenters. The van der Waals surface area contributed by atoms with Crippen LogP contribution in [-0.4, -0.2) is 87.5 Å². The number of rotatable bonds is 13. The van der Waals surface area contributed by atoms with Crippen LogP contribution in [0.5, 0.6) is 0 Å². The first kappa shape index (κ1) is 34.5. The summed E-state index contributed by atoms with van der Waals surface area (Å²) < 4.78 is 38.2. The second kappa shape index (κ2) is 16.8. The SMILES string of the molecule is COC(=O)CN(C(=O)OCc1ccccc1)C1CCN(CC[C@H](CN(C)S(=O)(=O)c2ccccc2)c2cccs2)CC1.Cl. The summed E-state index contributed by atoms with van der Waals surface area (Å²) in [6, 6.07) is 21.9. The van der Waals surface area contributed by atoms with Crippen LogP contribution in [0.25, 0.3) is 0 Å². The van der Waals surface area contributed by atoms with E-state index in [9.17, 15) is 18.0 Å². The van der Waals surface area contributed by atoms with Gasteiger partial charge >= 0.3 is 12.1 Å². The third-order valence-corrected chi connectivity index (χ3v) is 10.5. The molecule has 0 saturated carbocycles.